The summed E-state index contributed by atoms with van der Waals surface area (Å²) in [5, 5.41) is 0. The van der Waals surface area contributed by atoms with Crippen LogP contribution in [0.5, 0.6) is 0 Å². The van der Waals surface area contributed by atoms with Gasteiger partial charge >= 0.3 is 0 Å². The summed E-state index contributed by atoms with van der Waals surface area (Å²) in [4.78, 5) is 21.7. The van der Waals surface area contributed by atoms with Crippen LogP contribution in [-0.4, -0.2) is 58.5 Å². The maximum absolute atomic E-state index is 12.9. The molecule has 3 aromatic rings. The van der Waals surface area contributed by atoms with Crippen LogP contribution in [0, 0.1) is 0 Å². The zero-order valence-corrected chi connectivity index (χ0v) is 16.0. The fourth-order valence-corrected chi connectivity index (χ4v) is 3.87. The summed E-state index contributed by atoms with van der Waals surface area (Å²) in [6, 6.07) is 16.8. The number of piperidine rings is 1. The van der Waals surface area contributed by atoms with Crippen molar-refractivity contribution >= 4 is 16.9 Å². The van der Waals surface area contributed by atoms with Crippen molar-refractivity contribution in [1.82, 2.24) is 19.4 Å². The second-order valence-electron chi connectivity index (χ2n) is 7.55. The van der Waals surface area contributed by atoms with E-state index < -0.39 is 0 Å². The average molecular weight is 362 g/mol. The molecule has 5 heteroatoms. The molecule has 0 unspecified atom stereocenters. The lowest BCUT2D eigenvalue weighted by atomic mass is 10.0. The van der Waals surface area contributed by atoms with Crippen LogP contribution in [0.2, 0.25) is 0 Å². The van der Waals surface area contributed by atoms with Crippen LogP contribution in [-0.2, 0) is 6.54 Å². The minimum absolute atomic E-state index is 0.117. The van der Waals surface area contributed by atoms with Gasteiger partial charge in [-0.1, -0.05) is 30.3 Å². The summed E-state index contributed by atoms with van der Waals surface area (Å²) in [6.45, 7) is 2.42. The van der Waals surface area contributed by atoms with Crippen LogP contribution in [0.4, 0.5) is 0 Å². The number of hydrogen-bond donors (Lipinski definition) is 0. The second kappa shape index (κ2) is 7.53. The Morgan fingerprint density at radius 3 is 2.56 bits per heavy atom. The summed E-state index contributed by atoms with van der Waals surface area (Å²) < 4.78 is 2.13. The van der Waals surface area contributed by atoms with Gasteiger partial charge in [-0.3, -0.25) is 4.79 Å². The van der Waals surface area contributed by atoms with Crippen molar-refractivity contribution in [2.45, 2.75) is 25.4 Å². The first-order valence-corrected chi connectivity index (χ1v) is 9.56. The smallest absolute Gasteiger partial charge is 0.253 e. The summed E-state index contributed by atoms with van der Waals surface area (Å²) >= 11 is 0. The van der Waals surface area contributed by atoms with Crippen LogP contribution in [0.25, 0.3) is 11.0 Å². The number of aromatic nitrogens is 2. The Kier molecular flexibility index (Phi) is 4.94. The number of carbonyl (C=O) groups is 1. The van der Waals surface area contributed by atoms with Crippen molar-refractivity contribution in [3.8, 4) is 0 Å². The number of hydrogen-bond acceptors (Lipinski definition) is 3. The quantitative estimate of drug-likeness (QED) is 0.715. The Balaban J connectivity index is 1.50. The minimum Gasteiger partial charge on any atom is -0.339 e. The molecule has 0 radical (unpaired) electrons. The Labute approximate surface area is 160 Å². The average Bonchev–Trinajstić information content (AvgIpc) is 3.10. The summed E-state index contributed by atoms with van der Waals surface area (Å²) in [6.07, 6.45) is 3.92. The lowest BCUT2D eigenvalue weighted by Crippen LogP contribution is -2.44. The fourth-order valence-electron chi connectivity index (χ4n) is 3.87. The monoisotopic (exact) mass is 362 g/mol. The lowest BCUT2D eigenvalue weighted by Gasteiger charge is -2.35. The van der Waals surface area contributed by atoms with E-state index >= 15 is 0 Å². The molecule has 0 atom stereocenters. The number of nitrogens with zero attached hydrogens (tertiary/aromatic N) is 4. The van der Waals surface area contributed by atoms with E-state index in [-0.39, 0.29) is 5.91 Å². The van der Waals surface area contributed by atoms with E-state index in [1.54, 1.807) is 0 Å². The number of imidazole rings is 1. The van der Waals surface area contributed by atoms with E-state index in [0.717, 1.165) is 49.1 Å². The van der Waals surface area contributed by atoms with Crippen molar-refractivity contribution in [2.75, 3.05) is 27.2 Å². The van der Waals surface area contributed by atoms with E-state index in [4.69, 9.17) is 0 Å². The third-order valence-corrected chi connectivity index (χ3v) is 5.55. The highest BCUT2D eigenvalue weighted by Crippen LogP contribution is 2.20. The zero-order chi connectivity index (χ0) is 18.8. The van der Waals surface area contributed by atoms with Crippen molar-refractivity contribution in [2.24, 2.45) is 0 Å². The topological polar surface area (TPSA) is 41.4 Å². The Hall–Kier alpha value is -2.66. The van der Waals surface area contributed by atoms with Crippen molar-refractivity contribution < 1.29 is 4.79 Å². The van der Waals surface area contributed by atoms with Crippen molar-refractivity contribution in [3.05, 3.63) is 66.0 Å². The first-order valence-electron chi connectivity index (χ1n) is 9.56. The molecule has 4 rings (SSSR count). The molecule has 0 N–H and O–H groups in total. The highest BCUT2D eigenvalue weighted by Gasteiger charge is 2.24. The first-order chi connectivity index (χ1) is 13.1. The zero-order valence-electron chi connectivity index (χ0n) is 16.0. The van der Waals surface area contributed by atoms with Gasteiger partial charge in [0, 0.05) is 31.2 Å². The Bertz CT molecular complexity index is 924. The van der Waals surface area contributed by atoms with E-state index in [2.05, 4.69) is 40.7 Å². The minimum atomic E-state index is 0.117. The van der Waals surface area contributed by atoms with Crippen LogP contribution >= 0.6 is 0 Å². The van der Waals surface area contributed by atoms with E-state index in [9.17, 15) is 4.79 Å². The van der Waals surface area contributed by atoms with Gasteiger partial charge in [0.25, 0.3) is 5.91 Å². The molecule has 140 valence electrons. The summed E-state index contributed by atoms with van der Waals surface area (Å²) in [5.74, 6) is 0.117. The number of likely N-dealkylation sites (tertiary alicyclic amines) is 1. The molecular weight excluding hydrogens is 336 g/mol. The molecule has 5 nitrogen and oxygen atoms in total. The molecule has 1 aromatic heterocycles. The number of rotatable bonds is 4. The van der Waals surface area contributed by atoms with Gasteiger partial charge in [-0.15, -0.1) is 0 Å². The second-order valence-corrected chi connectivity index (χ2v) is 7.55. The maximum Gasteiger partial charge on any atom is 0.253 e. The van der Waals surface area contributed by atoms with Gasteiger partial charge in [0.05, 0.1) is 17.4 Å². The molecular formula is C22H26N4O. The van der Waals surface area contributed by atoms with E-state index in [1.165, 1.54) is 5.56 Å². The van der Waals surface area contributed by atoms with Crippen LogP contribution in [0.15, 0.2) is 54.9 Å². The largest absolute Gasteiger partial charge is 0.339 e. The van der Waals surface area contributed by atoms with Gasteiger partial charge in [0.15, 0.2) is 0 Å². The summed E-state index contributed by atoms with van der Waals surface area (Å²) in [5.41, 5.74) is 3.90. The van der Waals surface area contributed by atoms with Gasteiger partial charge < -0.3 is 14.4 Å². The van der Waals surface area contributed by atoms with E-state index in [1.807, 2.05) is 47.6 Å². The third kappa shape index (κ3) is 3.74. The molecule has 27 heavy (non-hydrogen) atoms. The van der Waals surface area contributed by atoms with Gasteiger partial charge in [0.1, 0.15) is 0 Å². The molecule has 1 aliphatic heterocycles. The third-order valence-electron chi connectivity index (χ3n) is 5.55. The van der Waals surface area contributed by atoms with Crippen LogP contribution in [0.1, 0.15) is 28.8 Å². The van der Waals surface area contributed by atoms with E-state index in [0.29, 0.717) is 6.04 Å². The van der Waals surface area contributed by atoms with Gasteiger partial charge in [-0.2, -0.15) is 0 Å². The molecule has 0 saturated carbocycles. The highest BCUT2D eigenvalue weighted by atomic mass is 16.2. The standard InChI is InChI=1S/C22H26N4O/c1-24(2)19-10-12-25(13-11-19)22(27)18-8-9-21-20(14-18)23-16-26(21)15-17-6-4-3-5-7-17/h3-9,14,16,19H,10-13,15H2,1-2H3. The molecule has 1 fully saturated rings. The van der Waals surface area contributed by atoms with Crippen molar-refractivity contribution in [3.63, 3.8) is 0 Å². The molecule has 0 aliphatic carbocycles. The SMILES string of the molecule is CN(C)C1CCN(C(=O)c2ccc3c(c2)ncn3Cc2ccccc2)CC1. The molecule has 0 spiro atoms. The number of fused-ring (bicyclic) bond motifs is 1. The number of carbonyl (C=O) groups excluding carboxylic acids is 1. The Morgan fingerprint density at radius 1 is 1.11 bits per heavy atom. The normalized spacial score (nSPS) is 15.6. The first kappa shape index (κ1) is 17.7. The molecule has 1 saturated heterocycles. The van der Waals surface area contributed by atoms with Crippen LogP contribution in [0.3, 0.4) is 0 Å². The molecule has 0 bridgehead atoms. The molecule has 1 amide bonds. The predicted octanol–water partition coefficient (Wildman–Crippen LogP) is 3.25. The molecule has 2 aromatic carbocycles. The van der Waals surface area contributed by atoms with Crippen molar-refractivity contribution in [1.29, 1.82) is 0 Å². The predicted molar refractivity (Wildman–Crippen MR) is 108 cm³/mol. The molecule has 1 aliphatic rings. The fraction of sp³-hybridized carbons (Fsp3) is 0.364. The maximum atomic E-state index is 12.9. The molecule has 2 heterocycles. The van der Waals surface area contributed by atoms with Gasteiger partial charge in [-0.05, 0) is 50.7 Å². The Morgan fingerprint density at radius 2 is 1.85 bits per heavy atom. The number of benzene rings is 2. The summed E-state index contributed by atoms with van der Waals surface area (Å²) in [7, 11) is 4.23. The number of amides is 1. The lowest BCUT2D eigenvalue weighted by molar-refractivity contribution is 0.0663. The van der Waals surface area contributed by atoms with Gasteiger partial charge in [-0.25, -0.2) is 4.98 Å². The highest BCUT2D eigenvalue weighted by molar-refractivity contribution is 5.97. The van der Waals surface area contributed by atoms with Gasteiger partial charge in [0.2, 0.25) is 0 Å². The van der Waals surface area contributed by atoms with Crippen LogP contribution < -0.4 is 0 Å².